The third kappa shape index (κ3) is 29.8. The molecule has 0 aliphatic rings. The first-order valence-corrected chi connectivity index (χ1v) is 23.7. The normalized spacial score (nSPS) is 11.8. The maximum atomic E-state index is 12.5. The number of ether oxygens (including phenoxy) is 4. The molecule has 0 unspecified atom stereocenters. The van der Waals surface area contributed by atoms with Crippen molar-refractivity contribution in [2.75, 3.05) is 86.3 Å². The number of benzene rings is 1. The van der Waals surface area contributed by atoms with E-state index < -0.39 is 0 Å². The van der Waals surface area contributed by atoms with Crippen molar-refractivity contribution in [3.05, 3.63) is 36.0 Å². The largest absolute Gasteiger partial charge is 0.361 e. The molecule has 9 nitrogen and oxygen atoms in total. The summed E-state index contributed by atoms with van der Waals surface area (Å²) in [6, 6.07) is 8.28. The average molecular weight is 801 g/mol. The smallest absolute Gasteiger partial charge is 0.220 e. The fourth-order valence-electron chi connectivity index (χ4n) is 7.37. The molecule has 0 spiro atoms. The Morgan fingerprint density at radius 2 is 1.05 bits per heavy atom. The highest BCUT2D eigenvalue weighted by molar-refractivity contribution is 5.84. The average Bonchev–Trinajstić information content (AvgIpc) is 3.64. The third-order valence-corrected chi connectivity index (χ3v) is 11.0. The molecule has 0 fully saturated rings. The number of nitrogens with one attached hydrogen (secondary N) is 2. The molecule has 57 heavy (non-hydrogen) atoms. The fraction of sp³-hybridized carbons (Fsp3) is 0.812. The topological polar surface area (TPSA) is 88.3 Å². The minimum atomic E-state index is 0.132. The maximum absolute atomic E-state index is 12.5. The van der Waals surface area contributed by atoms with Crippen LogP contribution >= 0.6 is 0 Å². The van der Waals surface area contributed by atoms with Gasteiger partial charge in [-0.3, -0.25) is 4.79 Å². The molecule has 330 valence electrons. The number of amides is 1. The molecule has 0 atom stereocenters. The SMILES string of the molecule is CCCCCCCCCCOCOCCCCN(CCCCOCOCCCCCCCCCC)CCCN(C)CCCNC(=O)CCc1c[nH]c2ccccc12. The number of unbranched alkanes of at least 4 members (excludes halogenated alkanes) is 16. The number of rotatable bonds is 43. The van der Waals surface area contributed by atoms with E-state index in [9.17, 15) is 4.79 Å². The van der Waals surface area contributed by atoms with E-state index in [0.29, 0.717) is 20.0 Å². The molecule has 1 heterocycles. The van der Waals surface area contributed by atoms with E-state index in [2.05, 4.69) is 53.1 Å². The van der Waals surface area contributed by atoms with Gasteiger partial charge in [0, 0.05) is 56.5 Å². The van der Waals surface area contributed by atoms with Crippen LogP contribution in [0.15, 0.2) is 30.5 Å². The quantitative estimate of drug-likeness (QED) is 0.0510. The minimum absolute atomic E-state index is 0.132. The molecule has 2 aromatic rings. The zero-order chi connectivity index (χ0) is 40.7. The lowest BCUT2D eigenvalue weighted by Crippen LogP contribution is -2.32. The molecule has 2 N–H and O–H groups in total. The minimum Gasteiger partial charge on any atom is -0.361 e. The number of aryl methyl sites for hydroxylation is 1. The molecule has 0 aliphatic heterocycles. The van der Waals surface area contributed by atoms with Crippen molar-refractivity contribution in [3.8, 4) is 0 Å². The van der Waals surface area contributed by atoms with Crippen LogP contribution in [0, 0.1) is 0 Å². The van der Waals surface area contributed by atoms with E-state index in [-0.39, 0.29) is 5.91 Å². The third-order valence-electron chi connectivity index (χ3n) is 11.0. The van der Waals surface area contributed by atoms with Crippen LogP contribution in [0.3, 0.4) is 0 Å². The van der Waals surface area contributed by atoms with E-state index >= 15 is 0 Å². The summed E-state index contributed by atoms with van der Waals surface area (Å²) in [5, 5.41) is 4.34. The molecular weight excluding hydrogens is 713 g/mol. The van der Waals surface area contributed by atoms with Crippen LogP contribution in [0.25, 0.3) is 10.9 Å². The van der Waals surface area contributed by atoms with E-state index in [1.807, 2.05) is 18.3 Å². The Bertz CT molecular complexity index is 1130. The highest BCUT2D eigenvalue weighted by Crippen LogP contribution is 2.19. The Balaban J connectivity index is 1.54. The van der Waals surface area contributed by atoms with Crippen LogP contribution in [0.4, 0.5) is 0 Å². The molecule has 1 amide bonds. The number of H-pyrrole nitrogens is 1. The number of fused-ring (bicyclic) bond motifs is 1. The van der Waals surface area contributed by atoms with Crippen molar-refractivity contribution in [1.29, 1.82) is 0 Å². The van der Waals surface area contributed by atoms with Gasteiger partial charge in [-0.05, 0) is 109 Å². The molecule has 9 heteroatoms. The van der Waals surface area contributed by atoms with Gasteiger partial charge in [0.25, 0.3) is 0 Å². The summed E-state index contributed by atoms with van der Waals surface area (Å²) < 4.78 is 23.0. The number of nitrogens with zero attached hydrogens (tertiary/aromatic N) is 2. The van der Waals surface area contributed by atoms with Crippen molar-refractivity contribution in [2.45, 2.75) is 168 Å². The second-order valence-corrected chi connectivity index (χ2v) is 16.3. The van der Waals surface area contributed by atoms with Gasteiger partial charge in [0.05, 0.1) is 0 Å². The first kappa shape index (κ1) is 51.1. The molecule has 0 bridgehead atoms. The number of aromatic amines is 1. The lowest BCUT2D eigenvalue weighted by molar-refractivity contribution is -0.121. The van der Waals surface area contributed by atoms with Crippen molar-refractivity contribution >= 4 is 16.8 Å². The summed E-state index contributed by atoms with van der Waals surface area (Å²) in [4.78, 5) is 20.8. The van der Waals surface area contributed by atoms with Crippen molar-refractivity contribution in [1.82, 2.24) is 20.1 Å². The van der Waals surface area contributed by atoms with Gasteiger partial charge in [-0.1, -0.05) is 122 Å². The number of hydrogen-bond acceptors (Lipinski definition) is 7. The zero-order valence-electron chi connectivity index (χ0n) is 37.3. The van der Waals surface area contributed by atoms with Gasteiger partial charge in [-0.15, -0.1) is 0 Å². The predicted molar refractivity (Wildman–Crippen MR) is 240 cm³/mol. The van der Waals surface area contributed by atoms with Gasteiger partial charge in [0.2, 0.25) is 5.91 Å². The van der Waals surface area contributed by atoms with Gasteiger partial charge in [-0.2, -0.15) is 0 Å². The number of hydrogen-bond donors (Lipinski definition) is 2. The Morgan fingerprint density at radius 1 is 0.579 bits per heavy atom. The van der Waals surface area contributed by atoms with Gasteiger partial charge >= 0.3 is 0 Å². The number of carbonyl (C=O) groups is 1. The van der Waals surface area contributed by atoms with Crippen molar-refractivity contribution in [2.24, 2.45) is 0 Å². The number of carbonyl (C=O) groups excluding carboxylic acids is 1. The summed E-state index contributed by atoms with van der Waals surface area (Å²) in [5.41, 5.74) is 2.34. The lowest BCUT2D eigenvalue weighted by atomic mass is 10.1. The Morgan fingerprint density at radius 3 is 1.61 bits per heavy atom. The first-order valence-electron chi connectivity index (χ1n) is 23.7. The summed E-state index contributed by atoms with van der Waals surface area (Å²) in [6.07, 6.45) is 30.9. The summed E-state index contributed by atoms with van der Waals surface area (Å²) >= 11 is 0. The summed E-state index contributed by atoms with van der Waals surface area (Å²) in [7, 11) is 2.20. The van der Waals surface area contributed by atoms with E-state index in [0.717, 1.165) is 129 Å². The van der Waals surface area contributed by atoms with Gasteiger partial charge < -0.3 is 39.0 Å². The van der Waals surface area contributed by atoms with Crippen LogP contribution < -0.4 is 5.32 Å². The second kappa shape index (κ2) is 38.2. The molecule has 0 saturated carbocycles. The lowest BCUT2D eigenvalue weighted by Gasteiger charge is -2.24. The molecule has 1 aromatic heterocycles. The van der Waals surface area contributed by atoms with E-state index in [4.69, 9.17) is 18.9 Å². The Labute approximate surface area is 350 Å². The van der Waals surface area contributed by atoms with E-state index in [1.54, 1.807) is 0 Å². The molecule has 0 saturated heterocycles. The molecular formula is C48H88N4O5. The molecule has 2 rings (SSSR count). The van der Waals surface area contributed by atoms with E-state index in [1.165, 1.54) is 101 Å². The Kier molecular flexibility index (Phi) is 34.3. The highest BCUT2D eigenvalue weighted by atomic mass is 16.7. The summed E-state index contributed by atoms with van der Waals surface area (Å²) in [6.45, 7) is 14.6. The maximum Gasteiger partial charge on any atom is 0.220 e. The monoisotopic (exact) mass is 801 g/mol. The Hall–Kier alpha value is -2.01. The molecule has 0 aliphatic carbocycles. The van der Waals surface area contributed by atoms with Crippen molar-refractivity contribution in [3.63, 3.8) is 0 Å². The summed E-state index contributed by atoms with van der Waals surface area (Å²) in [5.74, 6) is 0.132. The second-order valence-electron chi connectivity index (χ2n) is 16.3. The van der Waals surface area contributed by atoms with Gasteiger partial charge in [-0.25, -0.2) is 0 Å². The van der Waals surface area contributed by atoms with Crippen LogP contribution in [-0.4, -0.2) is 107 Å². The van der Waals surface area contributed by atoms with Crippen LogP contribution in [0.1, 0.15) is 167 Å². The molecule has 1 aromatic carbocycles. The first-order chi connectivity index (χ1) is 28.1. The molecule has 0 radical (unpaired) electrons. The number of aromatic nitrogens is 1. The van der Waals surface area contributed by atoms with Gasteiger partial charge in [0.15, 0.2) is 0 Å². The van der Waals surface area contributed by atoms with Gasteiger partial charge in [0.1, 0.15) is 13.6 Å². The zero-order valence-corrected chi connectivity index (χ0v) is 37.3. The van der Waals surface area contributed by atoms with Crippen LogP contribution in [-0.2, 0) is 30.2 Å². The van der Waals surface area contributed by atoms with Crippen molar-refractivity contribution < 1.29 is 23.7 Å². The number of para-hydroxylation sites is 1. The van der Waals surface area contributed by atoms with Crippen LogP contribution in [0.2, 0.25) is 0 Å². The standard InChI is InChI=1S/C48H88N4O5/c1-4-6-8-10-12-14-16-22-38-54-43-56-40-24-20-35-52(36-21-25-41-57-44-55-39-23-17-15-13-11-9-7-5-2)37-27-34-51(3)33-26-32-49-48(53)31-30-45-42-50-47-29-19-18-28-46(45)47/h18-19,28-29,42,50H,4-17,20-27,30-41,43-44H2,1-3H3,(H,49,53). The fourth-order valence-corrected chi connectivity index (χ4v) is 7.37. The van der Waals surface area contributed by atoms with Crippen LogP contribution in [0.5, 0.6) is 0 Å². The predicted octanol–water partition coefficient (Wildman–Crippen LogP) is 11.1. The highest BCUT2D eigenvalue weighted by Gasteiger charge is 2.09.